The zero-order chi connectivity index (χ0) is 9.26. The quantitative estimate of drug-likeness (QED) is 0.714. The van der Waals surface area contributed by atoms with Gasteiger partial charge in [0, 0.05) is 26.7 Å². The van der Waals surface area contributed by atoms with E-state index in [0.29, 0.717) is 15.2 Å². The maximum atomic E-state index is 10.9. The van der Waals surface area contributed by atoms with Crippen molar-refractivity contribution in [2.75, 3.05) is 0 Å². The van der Waals surface area contributed by atoms with Crippen LogP contribution >= 0.6 is 15.9 Å². The number of hydrogen-bond acceptors (Lipinski definition) is 3. The van der Waals surface area contributed by atoms with Crippen LogP contribution in [0.3, 0.4) is 0 Å². The molecule has 0 unspecified atom stereocenters. The van der Waals surface area contributed by atoms with E-state index < -0.39 is 0 Å². The van der Waals surface area contributed by atoms with Gasteiger partial charge in [-0.05, 0) is 4.90 Å². The van der Waals surface area contributed by atoms with Crippen molar-refractivity contribution in [2.45, 2.75) is 0 Å². The first kappa shape index (κ1) is 8.25. The van der Waals surface area contributed by atoms with Gasteiger partial charge in [-0.2, -0.15) is 0 Å². The minimum absolute atomic E-state index is 0.290. The Hall–Kier alpha value is -1.36. The molecule has 2 aromatic rings. The number of aromatic nitrogens is 2. The van der Waals surface area contributed by atoms with E-state index in [-0.39, 0.29) is 0 Å². The zero-order valence-corrected chi connectivity index (χ0v) is 8.06. The predicted octanol–water partition coefficient (Wildman–Crippen LogP) is 1.74. The van der Waals surface area contributed by atoms with Crippen molar-refractivity contribution in [3.05, 3.63) is 40.1 Å². The standard InChI is InChI=1S/C8H5BrN2O2/c9-8-7(10-13-11(8)12)6-4-2-1-3-5-6/h1-5H. The Morgan fingerprint density at radius 2 is 2.00 bits per heavy atom. The summed E-state index contributed by atoms with van der Waals surface area (Å²) < 4.78 is 4.70. The predicted molar refractivity (Wildman–Crippen MR) is 48.6 cm³/mol. The van der Waals surface area contributed by atoms with Crippen LogP contribution < -0.4 is 4.90 Å². The van der Waals surface area contributed by atoms with Crippen LogP contribution in [0.2, 0.25) is 0 Å². The molecule has 0 fully saturated rings. The smallest absolute Gasteiger partial charge is 0.268 e. The average Bonchev–Trinajstić information content (AvgIpc) is 2.49. The fraction of sp³-hybridized carbons (Fsp3) is 0. The fourth-order valence-electron chi connectivity index (χ4n) is 1.01. The molecule has 0 radical (unpaired) electrons. The van der Waals surface area contributed by atoms with Crippen LogP contribution in [0.1, 0.15) is 0 Å². The summed E-state index contributed by atoms with van der Waals surface area (Å²) in [7, 11) is 0. The van der Waals surface area contributed by atoms with Gasteiger partial charge in [0.25, 0.3) is 10.3 Å². The van der Waals surface area contributed by atoms with Crippen LogP contribution in [0.4, 0.5) is 0 Å². The Morgan fingerprint density at radius 3 is 2.54 bits per heavy atom. The number of hydrogen-bond donors (Lipinski definition) is 0. The lowest BCUT2D eigenvalue weighted by Gasteiger charge is -1.89. The third-order valence-corrected chi connectivity index (χ3v) is 2.27. The van der Waals surface area contributed by atoms with Crippen LogP contribution in [0.15, 0.2) is 39.6 Å². The van der Waals surface area contributed by atoms with Crippen molar-refractivity contribution < 1.29 is 9.53 Å². The molecular formula is C8H5BrN2O2. The van der Waals surface area contributed by atoms with Crippen LogP contribution in [0.25, 0.3) is 11.3 Å². The van der Waals surface area contributed by atoms with E-state index in [0.717, 1.165) is 5.56 Å². The Balaban J connectivity index is 2.53. The van der Waals surface area contributed by atoms with Crippen molar-refractivity contribution in [1.29, 1.82) is 0 Å². The van der Waals surface area contributed by atoms with Gasteiger partial charge in [0.1, 0.15) is 0 Å². The molecule has 0 saturated heterocycles. The lowest BCUT2D eigenvalue weighted by Crippen LogP contribution is -2.23. The van der Waals surface area contributed by atoms with E-state index in [1.807, 2.05) is 30.3 Å². The van der Waals surface area contributed by atoms with Crippen molar-refractivity contribution >= 4 is 15.9 Å². The van der Waals surface area contributed by atoms with Gasteiger partial charge in [-0.3, -0.25) is 4.63 Å². The van der Waals surface area contributed by atoms with Gasteiger partial charge in [0.15, 0.2) is 0 Å². The summed E-state index contributed by atoms with van der Waals surface area (Å²) in [6.07, 6.45) is 0. The lowest BCUT2D eigenvalue weighted by molar-refractivity contribution is -0.811. The van der Waals surface area contributed by atoms with E-state index in [2.05, 4.69) is 25.7 Å². The second-order valence-electron chi connectivity index (χ2n) is 2.44. The molecule has 13 heavy (non-hydrogen) atoms. The monoisotopic (exact) mass is 240 g/mol. The molecule has 0 N–H and O–H groups in total. The zero-order valence-electron chi connectivity index (χ0n) is 6.48. The molecule has 2 rings (SSSR count). The SMILES string of the molecule is [O-][n+]1onc(-c2ccccc2)c1Br. The summed E-state index contributed by atoms with van der Waals surface area (Å²) in [6, 6.07) is 9.32. The van der Waals surface area contributed by atoms with Gasteiger partial charge in [0.05, 0.1) is 0 Å². The molecule has 0 spiro atoms. The summed E-state index contributed by atoms with van der Waals surface area (Å²) in [6.45, 7) is 0. The molecule has 1 aromatic carbocycles. The van der Waals surface area contributed by atoms with Crippen LogP contribution in [-0.4, -0.2) is 5.16 Å². The molecule has 5 heteroatoms. The molecule has 0 saturated carbocycles. The minimum Gasteiger partial charge on any atom is -0.359 e. The van der Waals surface area contributed by atoms with E-state index in [1.165, 1.54) is 0 Å². The summed E-state index contributed by atoms with van der Waals surface area (Å²) >= 11 is 3.08. The minimum atomic E-state index is 0.290. The van der Waals surface area contributed by atoms with Crippen molar-refractivity contribution in [2.24, 2.45) is 0 Å². The van der Waals surface area contributed by atoms with E-state index in [9.17, 15) is 5.21 Å². The molecule has 66 valence electrons. The van der Waals surface area contributed by atoms with Crippen molar-refractivity contribution in [3.8, 4) is 11.3 Å². The van der Waals surface area contributed by atoms with Crippen LogP contribution in [0.5, 0.6) is 0 Å². The summed E-state index contributed by atoms with van der Waals surface area (Å²) in [5, 5.41) is 14.5. The maximum absolute atomic E-state index is 10.9. The molecule has 0 aliphatic rings. The average molecular weight is 241 g/mol. The Bertz CT molecular complexity index is 413. The molecule has 1 aromatic heterocycles. The molecule has 0 aliphatic heterocycles. The van der Waals surface area contributed by atoms with E-state index in [1.54, 1.807) is 0 Å². The van der Waals surface area contributed by atoms with Gasteiger partial charge in [-0.1, -0.05) is 30.3 Å². The largest absolute Gasteiger partial charge is 0.359 e. The van der Waals surface area contributed by atoms with E-state index >= 15 is 0 Å². The van der Waals surface area contributed by atoms with Gasteiger partial charge >= 0.3 is 0 Å². The third kappa shape index (κ3) is 1.42. The molecule has 1 heterocycles. The Kier molecular flexibility index (Phi) is 2.02. The van der Waals surface area contributed by atoms with Gasteiger partial charge < -0.3 is 5.21 Å². The highest BCUT2D eigenvalue weighted by Gasteiger charge is 2.17. The summed E-state index contributed by atoms with van der Waals surface area (Å²) in [4.78, 5) is 0.322. The van der Waals surface area contributed by atoms with E-state index in [4.69, 9.17) is 0 Å². The molecule has 0 atom stereocenters. The molecule has 0 aliphatic carbocycles. The normalized spacial score (nSPS) is 10.2. The fourth-order valence-corrected chi connectivity index (χ4v) is 1.37. The summed E-state index contributed by atoms with van der Waals surface area (Å²) in [5.41, 5.74) is 1.35. The topological polar surface area (TPSA) is 53.0 Å². The molecule has 0 bridgehead atoms. The summed E-state index contributed by atoms with van der Waals surface area (Å²) in [5.74, 6) is 0. The van der Waals surface area contributed by atoms with Crippen molar-refractivity contribution in [1.82, 2.24) is 5.16 Å². The van der Waals surface area contributed by atoms with Crippen LogP contribution in [-0.2, 0) is 0 Å². The second kappa shape index (κ2) is 3.18. The number of halogens is 1. The first-order valence-corrected chi connectivity index (χ1v) is 4.39. The highest BCUT2D eigenvalue weighted by atomic mass is 79.9. The van der Waals surface area contributed by atoms with Gasteiger partial charge in [-0.15, -0.1) is 0 Å². The molecule has 4 nitrogen and oxygen atoms in total. The molecular weight excluding hydrogens is 236 g/mol. The van der Waals surface area contributed by atoms with Crippen LogP contribution in [0, 0.1) is 5.21 Å². The highest BCUT2D eigenvalue weighted by Crippen LogP contribution is 2.22. The third-order valence-electron chi connectivity index (χ3n) is 1.61. The Morgan fingerprint density at radius 1 is 1.31 bits per heavy atom. The van der Waals surface area contributed by atoms with Gasteiger partial charge in [-0.25, -0.2) is 0 Å². The number of rotatable bonds is 1. The number of benzene rings is 1. The van der Waals surface area contributed by atoms with Gasteiger partial charge in [0.2, 0.25) is 0 Å². The highest BCUT2D eigenvalue weighted by molar-refractivity contribution is 9.10. The number of nitrogens with zero attached hydrogens (tertiary/aromatic N) is 2. The van der Waals surface area contributed by atoms with Crippen molar-refractivity contribution in [3.63, 3.8) is 0 Å². The first-order valence-electron chi connectivity index (χ1n) is 3.59. The molecule has 0 amide bonds. The second-order valence-corrected chi connectivity index (χ2v) is 3.19. The lowest BCUT2D eigenvalue weighted by atomic mass is 10.2. The first-order chi connectivity index (χ1) is 6.29. The maximum Gasteiger partial charge on any atom is 0.268 e. The Labute approximate surface area is 82.5 Å².